The molecule has 0 saturated carbocycles. The van der Waals surface area contributed by atoms with Crippen LogP contribution in [0.4, 0.5) is 0 Å². The molecule has 2 aromatic rings. The fourth-order valence-corrected chi connectivity index (χ4v) is 4.46. The van der Waals surface area contributed by atoms with Crippen LogP contribution in [-0.4, -0.2) is 36.5 Å². The fourth-order valence-electron chi connectivity index (χ4n) is 4.46. The maximum atomic E-state index is 13.0. The number of hydrogen-bond acceptors (Lipinski definition) is 2. The zero-order valence-corrected chi connectivity index (χ0v) is 20.4. The van der Waals surface area contributed by atoms with Crippen LogP contribution in [-0.2, 0) is 50.5 Å². The summed E-state index contributed by atoms with van der Waals surface area (Å²) in [6, 6.07) is 14.7. The van der Waals surface area contributed by atoms with Gasteiger partial charge in [0.1, 0.15) is 18.8 Å². The molecular formula is C24H32NO2Y+. The third-order valence-corrected chi connectivity index (χ3v) is 5.74. The zero-order valence-electron chi connectivity index (χ0n) is 17.5. The van der Waals surface area contributed by atoms with E-state index in [0.717, 1.165) is 41.0 Å². The molecule has 1 aliphatic heterocycles. The Morgan fingerprint density at radius 1 is 1.04 bits per heavy atom. The van der Waals surface area contributed by atoms with Crippen LogP contribution >= 0.6 is 0 Å². The van der Waals surface area contributed by atoms with E-state index < -0.39 is 0 Å². The molecule has 0 unspecified atom stereocenters. The van der Waals surface area contributed by atoms with Crippen LogP contribution in [0.5, 0.6) is 5.75 Å². The number of aryl methyl sites for hydroxylation is 2. The number of carbonyl (C=O) groups is 1. The Labute approximate surface area is 194 Å². The Morgan fingerprint density at radius 3 is 2.21 bits per heavy atom. The van der Waals surface area contributed by atoms with Gasteiger partial charge < -0.3 is 9.22 Å². The maximum Gasteiger partial charge on any atom is 0.191 e. The SMILES string of the molecule is CCOc1cc(C)c(CC(=O)C[N+]2(Cc3ccccc3)CCCC2)c(C)c1.[Y]. The number of rotatable bonds is 8. The van der Waals surface area contributed by atoms with Crippen LogP contribution in [0.2, 0.25) is 0 Å². The van der Waals surface area contributed by atoms with E-state index in [-0.39, 0.29) is 32.7 Å². The normalized spacial score (nSPS) is 15.1. The smallest absolute Gasteiger partial charge is 0.191 e. The number of quaternary nitrogens is 1. The van der Waals surface area contributed by atoms with Gasteiger partial charge in [-0.1, -0.05) is 30.3 Å². The van der Waals surface area contributed by atoms with Crippen molar-refractivity contribution in [3.8, 4) is 5.75 Å². The summed E-state index contributed by atoms with van der Waals surface area (Å²) < 4.78 is 6.54. The van der Waals surface area contributed by atoms with E-state index in [1.54, 1.807) is 0 Å². The average Bonchev–Trinajstić information content (AvgIpc) is 3.07. The number of Topliss-reactive ketones (excluding diaryl/α,β-unsaturated/α-hetero) is 1. The maximum absolute atomic E-state index is 13.0. The molecule has 1 saturated heterocycles. The van der Waals surface area contributed by atoms with Crippen molar-refractivity contribution in [2.75, 3.05) is 26.2 Å². The van der Waals surface area contributed by atoms with Gasteiger partial charge in [0.05, 0.1) is 19.7 Å². The number of benzene rings is 2. The predicted molar refractivity (Wildman–Crippen MR) is 110 cm³/mol. The van der Waals surface area contributed by atoms with Crippen molar-refractivity contribution < 1.29 is 46.7 Å². The number of carbonyl (C=O) groups excluding carboxylic acids is 1. The largest absolute Gasteiger partial charge is 0.494 e. The summed E-state index contributed by atoms with van der Waals surface area (Å²) >= 11 is 0. The van der Waals surface area contributed by atoms with Gasteiger partial charge in [-0.05, 0) is 49.6 Å². The topological polar surface area (TPSA) is 26.3 Å². The third-order valence-electron chi connectivity index (χ3n) is 5.74. The molecule has 3 rings (SSSR count). The Morgan fingerprint density at radius 2 is 1.64 bits per heavy atom. The number of nitrogens with zero attached hydrogens (tertiary/aromatic N) is 1. The average molecular weight is 455 g/mol. The van der Waals surface area contributed by atoms with Gasteiger partial charge in [0.15, 0.2) is 5.78 Å². The Bertz CT molecular complexity index is 759. The summed E-state index contributed by atoms with van der Waals surface area (Å²) in [7, 11) is 0. The first-order chi connectivity index (χ1) is 13.0. The van der Waals surface area contributed by atoms with E-state index in [1.807, 2.05) is 6.92 Å². The van der Waals surface area contributed by atoms with Crippen LogP contribution in [0.15, 0.2) is 42.5 Å². The zero-order chi connectivity index (χ0) is 19.3. The molecule has 4 heteroatoms. The van der Waals surface area contributed by atoms with Crippen LogP contribution < -0.4 is 4.74 Å². The summed E-state index contributed by atoms with van der Waals surface area (Å²) in [6.45, 7) is 10.7. The number of ketones is 1. The predicted octanol–water partition coefficient (Wildman–Crippen LogP) is 4.62. The molecule has 2 aromatic carbocycles. The second-order valence-electron chi connectivity index (χ2n) is 7.98. The minimum atomic E-state index is 0. The number of likely N-dealkylation sites (tertiary alicyclic amines) is 1. The van der Waals surface area contributed by atoms with E-state index in [0.29, 0.717) is 25.4 Å². The van der Waals surface area contributed by atoms with E-state index in [1.165, 1.54) is 24.0 Å². The van der Waals surface area contributed by atoms with E-state index in [4.69, 9.17) is 4.74 Å². The van der Waals surface area contributed by atoms with Crippen molar-refractivity contribution in [1.82, 2.24) is 0 Å². The summed E-state index contributed by atoms with van der Waals surface area (Å²) in [5.41, 5.74) is 4.81. The van der Waals surface area contributed by atoms with E-state index in [2.05, 4.69) is 56.3 Å². The molecule has 1 fully saturated rings. The Balaban J connectivity index is 0.00000280. The second-order valence-corrected chi connectivity index (χ2v) is 7.98. The minimum absolute atomic E-state index is 0. The van der Waals surface area contributed by atoms with Gasteiger partial charge in [0.2, 0.25) is 0 Å². The molecule has 0 aromatic heterocycles. The molecule has 0 N–H and O–H groups in total. The van der Waals surface area contributed by atoms with Crippen LogP contribution in [0.1, 0.15) is 42.0 Å². The molecule has 0 aliphatic carbocycles. The molecule has 1 heterocycles. The van der Waals surface area contributed by atoms with Crippen LogP contribution in [0, 0.1) is 13.8 Å². The molecule has 3 nitrogen and oxygen atoms in total. The van der Waals surface area contributed by atoms with Gasteiger partial charge in [-0.15, -0.1) is 0 Å². The first-order valence-electron chi connectivity index (χ1n) is 10.1. The summed E-state index contributed by atoms with van der Waals surface area (Å²) in [5, 5.41) is 0. The van der Waals surface area contributed by atoms with Gasteiger partial charge in [0, 0.05) is 57.5 Å². The van der Waals surface area contributed by atoms with Gasteiger partial charge in [-0.2, -0.15) is 0 Å². The monoisotopic (exact) mass is 455 g/mol. The molecule has 147 valence electrons. The number of ether oxygens (including phenoxy) is 1. The summed E-state index contributed by atoms with van der Waals surface area (Å²) in [4.78, 5) is 13.0. The van der Waals surface area contributed by atoms with Gasteiger partial charge in [-0.3, -0.25) is 4.79 Å². The van der Waals surface area contributed by atoms with Crippen molar-refractivity contribution in [1.29, 1.82) is 0 Å². The summed E-state index contributed by atoms with van der Waals surface area (Å²) in [6.07, 6.45) is 2.97. The molecule has 0 bridgehead atoms. The second kappa shape index (κ2) is 10.7. The molecule has 0 amide bonds. The van der Waals surface area contributed by atoms with Crippen molar-refractivity contribution in [3.05, 3.63) is 64.7 Å². The summed E-state index contributed by atoms with van der Waals surface area (Å²) in [5.74, 6) is 1.25. The van der Waals surface area contributed by atoms with Crippen molar-refractivity contribution in [2.24, 2.45) is 0 Å². The Kier molecular flexibility index (Phi) is 8.86. The quantitative estimate of drug-likeness (QED) is 0.543. The van der Waals surface area contributed by atoms with Crippen molar-refractivity contribution in [2.45, 2.75) is 46.6 Å². The number of hydrogen-bond donors (Lipinski definition) is 0. The first kappa shape index (κ1) is 23.3. The van der Waals surface area contributed by atoms with Gasteiger partial charge in [0.25, 0.3) is 0 Å². The molecule has 1 aliphatic rings. The molecule has 0 atom stereocenters. The third kappa shape index (κ3) is 5.98. The first-order valence-corrected chi connectivity index (χ1v) is 10.1. The molecule has 1 radical (unpaired) electrons. The fraction of sp³-hybridized carbons (Fsp3) is 0.458. The van der Waals surface area contributed by atoms with E-state index >= 15 is 0 Å². The standard InChI is InChI=1S/C24H32NO2.Y/c1-4-27-23-14-19(2)24(20(3)15-23)16-22(26)18-25(12-8-9-13-25)17-21-10-6-5-7-11-21;/h5-7,10-11,14-15H,4,8-9,12-13,16-18H2,1-3H3;/q+1;. The van der Waals surface area contributed by atoms with E-state index in [9.17, 15) is 4.79 Å². The van der Waals surface area contributed by atoms with Crippen LogP contribution in [0.25, 0.3) is 0 Å². The van der Waals surface area contributed by atoms with Crippen molar-refractivity contribution >= 4 is 5.78 Å². The molecule has 28 heavy (non-hydrogen) atoms. The van der Waals surface area contributed by atoms with Crippen LogP contribution in [0.3, 0.4) is 0 Å². The minimum Gasteiger partial charge on any atom is -0.494 e. The van der Waals surface area contributed by atoms with Gasteiger partial charge in [-0.25, -0.2) is 0 Å². The van der Waals surface area contributed by atoms with Gasteiger partial charge >= 0.3 is 0 Å². The van der Waals surface area contributed by atoms with Crippen molar-refractivity contribution in [3.63, 3.8) is 0 Å². The molecule has 0 spiro atoms. The molecular weight excluding hydrogens is 423 g/mol. The Hall–Kier alpha value is -1.03.